The minimum Gasteiger partial charge on any atom is -0.426 e. The number of carbonyl (C=O) groups excluding carboxylic acids is 4. The van der Waals surface area contributed by atoms with Crippen molar-refractivity contribution in [1.29, 1.82) is 0 Å². The Balaban J connectivity index is 1.51. The number of hydrogen-bond donors (Lipinski definition) is 5. The number of hydrogen-bond acceptors (Lipinski definition) is 10. The molecule has 1 unspecified atom stereocenters. The number of nitrogens with one attached hydrogen (secondary N) is 2. The summed E-state index contributed by atoms with van der Waals surface area (Å²) in [6.45, 7) is 3.84. The van der Waals surface area contributed by atoms with E-state index in [1.807, 2.05) is 0 Å². The van der Waals surface area contributed by atoms with E-state index in [0.29, 0.717) is 25.1 Å². The first-order valence-corrected chi connectivity index (χ1v) is 11.8. The third kappa shape index (κ3) is 9.31. The fourth-order valence-electron chi connectivity index (χ4n) is 3.69. The van der Waals surface area contributed by atoms with Crippen molar-refractivity contribution in [2.75, 3.05) is 39.5 Å². The molecule has 1 aliphatic heterocycles. The molecule has 1 fully saturated rings. The van der Waals surface area contributed by atoms with Crippen LogP contribution in [0.4, 0.5) is 0 Å². The van der Waals surface area contributed by atoms with Crippen molar-refractivity contribution >= 4 is 30.7 Å². The van der Waals surface area contributed by atoms with E-state index >= 15 is 0 Å². The average Bonchev–Trinajstić information content (AvgIpc) is 3.50. The Morgan fingerprint density at radius 1 is 1.25 bits per heavy atom. The van der Waals surface area contributed by atoms with Crippen LogP contribution in [0, 0.1) is 0 Å². The van der Waals surface area contributed by atoms with Crippen LogP contribution in [0.2, 0.25) is 0 Å². The van der Waals surface area contributed by atoms with Gasteiger partial charge >= 0.3 is 7.12 Å². The molecule has 1 aliphatic rings. The Morgan fingerprint density at radius 2 is 1.97 bits per heavy atom. The van der Waals surface area contributed by atoms with E-state index < -0.39 is 31.1 Å². The lowest BCUT2D eigenvalue weighted by atomic mass is 9.78. The van der Waals surface area contributed by atoms with Gasteiger partial charge in [-0.1, -0.05) is 0 Å². The Bertz CT molecular complexity index is 898. The van der Waals surface area contributed by atoms with Gasteiger partial charge in [-0.15, -0.1) is 0 Å². The van der Waals surface area contributed by atoms with Gasteiger partial charge in [0.15, 0.2) is 0 Å². The Hall–Kier alpha value is -2.85. The lowest BCUT2D eigenvalue weighted by molar-refractivity contribution is -0.137. The number of aromatic nitrogens is 2. The molecule has 14 nitrogen and oxygen atoms in total. The molecule has 3 amide bonds. The molecule has 0 aromatic carbocycles. The molecule has 0 aliphatic carbocycles. The van der Waals surface area contributed by atoms with Crippen molar-refractivity contribution in [3.63, 3.8) is 0 Å². The number of ether oxygens (including phenoxy) is 2. The van der Waals surface area contributed by atoms with Crippen molar-refractivity contribution in [3.8, 4) is 0 Å². The van der Waals surface area contributed by atoms with Crippen molar-refractivity contribution in [2.24, 2.45) is 5.73 Å². The normalized spacial score (nSPS) is 16.9. The average molecular weight is 510 g/mol. The number of amides is 3. The summed E-state index contributed by atoms with van der Waals surface area (Å²) in [5.74, 6) is -2.08. The summed E-state index contributed by atoms with van der Waals surface area (Å²) in [7, 11) is -1.61. The van der Waals surface area contributed by atoms with Crippen molar-refractivity contribution in [3.05, 3.63) is 18.2 Å². The molecule has 36 heavy (non-hydrogen) atoms. The summed E-state index contributed by atoms with van der Waals surface area (Å²) in [5, 5.41) is 23.9. The second kappa shape index (κ2) is 14.7. The predicted octanol–water partition coefficient (Wildman–Crippen LogP) is -2.93. The zero-order chi connectivity index (χ0) is 26.7. The summed E-state index contributed by atoms with van der Waals surface area (Å²) < 4.78 is 11.9. The van der Waals surface area contributed by atoms with E-state index in [-0.39, 0.29) is 57.1 Å². The second-order valence-electron chi connectivity index (χ2n) is 8.50. The van der Waals surface area contributed by atoms with Gasteiger partial charge in [-0.25, -0.2) is 4.98 Å². The minimum atomic E-state index is -1.61. The van der Waals surface area contributed by atoms with Gasteiger partial charge in [0.25, 0.3) is 0 Å². The number of nitrogens with zero attached hydrogens (tertiary/aromatic N) is 3. The summed E-state index contributed by atoms with van der Waals surface area (Å²) >= 11 is 0. The largest absolute Gasteiger partial charge is 0.475 e. The fourth-order valence-corrected chi connectivity index (χ4v) is 3.69. The van der Waals surface area contributed by atoms with Crippen molar-refractivity contribution in [1.82, 2.24) is 25.1 Å². The molecule has 3 atom stereocenters. The molecule has 1 aromatic rings. The van der Waals surface area contributed by atoms with E-state index in [1.165, 1.54) is 35.8 Å². The Morgan fingerprint density at radius 3 is 2.64 bits per heavy atom. The Labute approximate surface area is 209 Å². The highest BCUT2D eigenvalue weighted by molar-refractivity contribution is 6.43. The van der Waals surface area contributed by atoms with Crippen LogP contribution in [-0.2, 0) is 30.3 Å². The fraction of sp³-hybridized carbons (Fsp3) is 0.667. The molecule has 1 saturated heterocycles. The minimum absolute atomic E-state index is 0.132. The van der Waals surface area contributed by atoms with Gasteiger partial charge in [0, 0.05) is 32.6 Å². The second-order valence-corrected chi connectivity index (χ2v) is 8.50. The van der Waals surface area contributed by atoms with Crippen LogP contribution < -0.4 is 16.4 Å². The van der Waals surface area contributed by atoms with Gasteiger partial charge in [0.1, 0.15) is 19.0 Å². The molecule has 0 bridgehead atoms. The highest BCUT2D eigenvalue weighted by Crippen LogP contribution is 2.19. The molecule has 0 radical (unpaired) electrons. The van der Waals surface area contributed by atoms with Crippen LogP contribution in [0.25, 0.3) is 0 Å². The van der Waals surface area contributed by atoms with Gasteiger partial charge in [0.2, 0.25) is 23.6 Å². The van der Waals surface area contributed by atoms with Gasteiger partial charge in [-0.2, -0.15) is 0 Å². The van der Waals surface area contributed by atoms with E-state index in [9.17, 15) is 29.2 Å². The van der Waals surface area contributed by atoms with Crippen molar-refractivity contribution < 1.29 is 38.7 Å². The Kier molecular flexibility index (Phi) is 12.0. The number of carbonyl (C=O) groups is 4. The summed E-state index contributed by atoms with van der Waals surface area (Å²) in [6, 6.07) is -1.64. The third-order valence-corrected chi connectivity index (χ3v) is 5.59. The molecule has 2 rings (SSSR count). The highest BCUT2D eigenvalue weighted by Gasteiger charge is 2.38. The molecule has 15 heteroatoms. The molecule has 2 heterocycles. The molecular weight excluding hydrogens is 475 g/mol. The maximum Gasteiger partial charge on any atom is 0.475 e. The molecule has 200 valence electrons. The van der Waals surface area contributed by atoms with E-state index in [1.54, 1.807) is 0 Å². The number of likely N-dealkylation sites (tertiary alicyclic amines) is 1. The standard InChI is InChI=1S/C21H35BN6O8/c1-14(21(32)28-6-3-4-18(28)22(33)34)26-19(30)12-36-9-8-35-7-5-24-20(31)17(23)10-16-11-27(13-25-16)15(2)29/h11,13-14,17-18,33-34H,3-10,12,23H2,1-2H3,(H,24,31)(H,26,30)/t14-,17+,18?/m1/s1. The van der Waals surface area contributed by atoms with Crippen LogP contribution in [0.15, 0.2) is 12.5 Å². The van der Waals surface area contributed by atoms with E-state index in [2.05, 4.69) is 15.6 Å². The molecular formula is C21H35BN6O8. The van der Waals surface area contributed by atoms with Crippen LogP contribution in [0.5, 0.6) is 0 Å². The zero-order valence-electron chi connectivity index (χ0n) is 20.6. The first-order chi connectivity index (χ1) is 17.1. The SMILES string of the molecule is CC(=O)n1cnc(C[C@H](N)C(=O)NCCOCCOCC(=O)N[C@H](C)C(=O)N2CCCC2B(O)O)c1. The van der Waals surface area contributed by atoms with Gasteiger partial charge in [0.05, 0.1) is 37.5 Å². The van der Waals surface area contributed by atoms with E-state index in [4.69, 9.17) is 15.2 Å². The van der Waals surface area contributed by atoms with Gasteiger partial charge in [-0.3, -0.25) is 23.7 Å². The van der Waals surface area contributed by atoms with Crippen LogP contribution in [0.3, 0.4) is 0 Å². The van der Waals surface area contributed by atoms with Gasteiger partial charge < -0.3 is 40.8 Å². The number of rotatable bonds is 14. The quantitative estimate of drug-likeness (QED) is 0.128. The number of nitrogens with two attached hydrogens (primary N) is 1. The molecule has 0 spiro atoms. The zero-order valence-corrected chi connectivity index (χ0v) is 20.6. The first kappa shape index (κ1) is 29.4. The van der Waals surface area contributed by atoms with Crippen LogP contribution in [-0.4, -0.2) is 113 Å². The number of imidazole rings is 1. The topological polar surface area (TPSA) is 198 Å². The molecule has 6 N–H and O–H groups in total. The maximum atomic E-state index is 12.5. The molecule has 1 aromatic heterocycles. The van der Waals surface area contributed by atoms with E-state index in [0.717, 1.165) is 0 Å². The lowest BCUT2D eigenvalue weighted by Crippen LogP contribution is -2.53. The maximum absolute atomic E-state index is 12.5. The predicted molar refractivity (Wildman–Crippen MR) is 127 cm³/mol. The van der Waals surface area contributed by atoms with Gasteiger partial charge in [-0.05, 0) is 19.8 Å². The smallest absolute Gasteiger partial charge is 0.426 e. The summed E-state index contributed by atoms with van der Waals surface area (Å²) in [4.78, 5) is 53.2. The first-order valence-electron chi connectivity index (χ1n) is 11.8. The van der Waals surface area contributed by atoms with Crippen LogP contribution >= 0.6 is 0 Å². The summed E-state index contributed by atoms with van der Waals surface area (Å²) in [6.07, 6.45) is 4.26. The molecule has 0 saturated carbocycles. The third-order valence-electron chi connectivity index (χ3n) is 5.59. The van der Waals surface area contributed by atoms with Crippen molar-refractivity contribution in [2.45, 2.75) is 51.1 Å². The summed E-state index contributed by atoms with van der Waals surface area (Å²) in [5.41, 5.74) is 6.40. The highest BCUT2D eigenvalue weighted by atomic mass is 16.5. The lowest BCUT2D eigenvalue weighted by Gasteiger charge is -2.27. The van der Waals surface area contributed by atoms with Crippen LogP contribution in [0.1, 0.15) is 37.2 Å². The monoisotopic (exact) mass is 510 g/mol.